The van der Waals surface area contributed by atoms with Gasteiger partial charge < -0.3 is 9.80 Å². The molecule has 114 valence electrons. The van der Waals surface area contributed by atoms with E-state index in [0.29, 0.717) is 19.0 Å². The molecule has 2 aliphatic rings. The number of amides is 1. The fourth-order valence-electron chi connectivity index (χ4n) is 2.99. The van der Waals surface area contributed by atoms with E-state index >= 15 is 0 Å². The molecule has 0 aliphatic carbocycles. The maximum absolute atomic E-state index is 13.3. The summed E-state index contributed by atoms with van der Waals surface area (Å²) in [4.78, 5) is 14.5. The van der Waals surface area contributed by atoms with Crippen LogP contribution in [0.15, 0.2) is 12.7 Å². The Morgan fingerprint density at radius 3 is 2.35 bits per heavy atom. The molecule has 0 aromatic heterocycles. The molecule has 0 radical (unpaired) electrons. The highest BCUT2D eigenvalue weighted by molar-refractivity contribution is 5.87. The lowest BCUT2D eigenvalue weighted by Crippen LogP contribution is -2.68. The molecular formula is C14H21F3N2O. The molecule has 0 spiro atoms. The van der Waals surface area contributed by atoms with E-state index in [0.717, 1.165) is 18.9 Å². The van der Waals surface area contributed by atoms with Gasteiger partial charge in [0.2, 0.25) is 5.91 Å². The zero-order valence-corrected chi connectivity index (χ0v) is 11.7. The average molecular weight is 290 g/mol. The Bertz CT molecular complexity index is 380. The van der Waals surface area contributed by atoms with Gasteiger partial charge in [-0.1, -0.05) is 13.5 Å². The van der Waals surface area contributed by atoms with E-state index in [9.17, 15) is 18.0 Å². The van der Waals surface area contributed by atoms with Crippen molar-refractivity contribution < 1.29 is 18.0 Å². The van der Waals surface area contributed by atoms with E-state index in [4.69, 9.17) is 0 Å². The van der Waals surface area contributed by atoms with E-state index in [1.165, 1.54) is 4.90 Å². The zero-order chi connectivity index (χ0) is 15.0. The van der Waals surface area contributed by atoms with Gasteiger partial charge in [0, 0.05) is 19.6 Å². The largest absolute Gasteiger partial charge is 0.399 e. The minimum atomic E-state index is -4.27. The maximum Gasteiger partial charge on any atom is 0.399 e. The molecule has 20 heavy (non-hydrogen) atoms. The Hall–Kier alpha value is -1.04. The van der Waals surface area contributed by atoms with E-state index in [2.05, 4.69) is 13.5 Å². The molecule has 2 saturated heterocycles. The van der Waals surface area contributed by atoms with Gasteiger partial charge in [0.1, 0.15) is 5.41 Å². The molecule has 1 amide bonds. The number of hydrogen-bond acceptors (Lipinski definition) is 2. The van der Waals surface area contributed by atoms with Crippen LogP contribution in [-0.2, 0) is 4.79 Å². The molecule has 2 fully saturated rings. The van der Waals surface area contributed by atoms with Crippen molar-refractivity contribution in [2.45, 2.75) is 25.9 Å². The Kier molecular flexibility index (Phi) is 4.14. The molecule has 2 rings (SSSR count). The molecule has 0 N–H and O–H groups in total. The number of likely N-dealkylation sites (tertiary alicyclic amines) is 2. The number of alkyl halides is 3. The lowest BCUT2D eigenvalue weighted by molar-refractivity contribution is -0.268. The topological polar surface area (TPSA) is 23.6 Å². The summed E-state index contributed by atoms with van der Waals surface area (Å²) in [5.41, 5.74) is -1.76. The van der Waals surface area contributed by atoms with Gasteiger partial charge >= 0.3 is 6.18 Å². The number of carbonyl (C=O) groups excluding carboxylic acids is 1. The van der Waals surface area contributed by atoms with Crippen molar-refractivity contribution >= 4 is 5.91 Å². The molecule has 6 heteroatoms. The summed E-state index contributed by atoms with van der Waals surface area (Å²) in [5, 5.41) is 0. The van der Waals surface area contributed by atoms with Crippen LogP contribution in [0.4, 0.5) is 13.2 Å². The first-order valence-corrected chi connectivity index (χ1v) is 6.98. The third kappa shape index (κ3) is 2.85. The molecule has 0 unspecified atom stereocenters. The van der Waals surface area contributed by atoms with Crippen LogP contribution in [0.1, 0.15) is 19.8 Å². The number of nitrogens with zero attached hydrogens (tertiary/aromatic N) is 2. The summed E-state index contributed by atoms with van der Waals surface area (Å²) in [6.45, 7) is 6.40. The van der Waals surface area contributed by atoms with Gasteiger partial charge in [-0.2, -0.15) is 13.2 Å². The lowest BCUT2D eigenvalue weighted by Gasteiger charge is -2.52. The first kappa shape index (κ1) is 15.4. The summed E-state index contributed by atoms with van der Waals surface area (Å²) >= 11 is 0. The Morgan fingerprint density at radius 2 is 1.90 bits per heavy atom. The van der Waals surface area contributed by atoms with Crippen molar-refractivity contribution in [1.29, 1.82) is 0 Å². The molecule has 2 aliphatic heterocycles. The minimum absolute atomic E-state index is 0.00411. The van der Waals surface area contributed by atoms with Crippen molar-refractivity contribution in [2.75, 3.05) is 32.7 Å². The first-order chi connectivity index (χ1) is 9.27. The second kappa shape index (κ2) is 5.39. The standard InChI is InChI=1S/C14H21F3N2O/c1-3-12(20)19-9-13(10-19,14(15,16)17)8-18-6-4-11(2)5-7-18/h3,11H,1,4-10H2,2H3. The van der Waals surface area contributed by atoms with Crippen LogP contribution in [0, 0.1) is 11.3 Å². The fraction of sp³-hybridized carbons (Fsp3) is 0.786. The number of halogens is 3. The Labute approximate surface area is 117 Å². The van der Waals surface area contributed by atoms with Gasteiger partial charge in [-0.3, -0.25) is 4.79 Å². The number of piperidine rings is 1. The van der Waals surface area contributed by atoms with Gasteiger partial charge in [-0.05, 0) is 37.9 Å². The predicted molar refractivity (Wildman–Crippen MR) is 70.1 cm³/mol. The second-order valence-corrected chi connectivity index (χ2v) is 6.14. The quantitative estimate of drug-likeness (QED) is 0.745. The van der Waals surface area contributed by atoms with Crippen molar-refractivity contribution in [1.82, 2.24) is 9.80 Å². The first-order valence-electron chi connectivity index (χ1n) is 6.98. The van der Waals surface area contributed by atoms with Crippen LogP contribution in [0.3, 0.4) is 0 Å². The van der Waals surface area contributed by atoms with Gasteiger partial charge in [0.15, 0.2) is 0 Å². The molecular weight excluding hydrogens is 269 g/mol. The Balaban J connectivity index is 2.00. The monoisotopic (exact) mass is 290 g/mol. The number of rotatable bonds is 3. The summed E-state index contributed by atoms with van der Waals surface area (Å²) in [7, 11) is 0. The highest BCUT2D eigenvalue weighted by atomic mass is 19.4. The van der Waals surface area contributed by atoms with Crippen LogP contribution in [0.25, 0.3) is 0 Å². The van der Waals surface area contributed by atoms with Crippen molar-refractivity contribution in [3.63, 3.8) is 0 Å². The highest BCUT2D eigenvalue weighted by Gasteiger charge is 2.62. The second-order valence-electron chi connectivity index (χ2n) is 6.14. The molecule has 0 saturated carbocycles. The van der Waals surface area contributed by atoms with Crippen LogP contribution in [0.5, 0.6) is 0 Å². The van der Waals surface area contributed by atoms with Gasteiger partial charge in [-0.15, -0.1) is 0 Å². The molecule has 0 atom stereocenters. The minimum Gasteiger partial charge on any atom is -0.337 e. The van der Waals surface area contributed by atoms with E-state index < -0.39 is 17.5 Å². The van der Waals surface area contributed by atoms with Gasteiger partial charge in [-0.25, -0.2) is 0 Å². The predicted octanol–water partition coefficient (Wildman–Crippen LogP) is 2.30. The van der Waals surface area contributed by atoms with Crippen molar-refractivity contribution in [3.8, 4) is 0 Å². The third-order valence-corrected chi connectivity index (χ3v) is 4.48. The SMILES string of the molecule is C=CC(=O)N1CC(CN2CCC(C)CC2)(C(F)(F)F)C1. The molecule has 0 aromatic carbocycles. The van der Waals surface area contributed by atoms with Crippen LogP contribution in [0.2, 0.25) is 0 Å². The van der Waals surface area contributed by atoms with Crippen LogP contribution >= 0.6 is 0 Å². The normalized spacial score (nSPS) is 24.3. The molecule has 0 aromatic rings. The number of carbonyl (C=O) groups is 1. The Morgan fingerprint density at radius 1 is 1.35 bits per heavy atom. The van der Waals surface area contributed by atoms with Crippen LogP contribution < -0.4 is 0 Å². The highest BCUT2D eigenvalue weighted by Crippen LogP contribution is 2.46. The lowest BCUT2D eigenvalue weighted by atomic mass is 9.77. The van der Waals surface area contributed by atoms with E-state index in [1.807, 2.05) is 4.90 Å². The summed E-state index contributed by atoms with van der Waals surface area (Å²) in [6, 6.07) is 0. The third-order valence-electron chi connectivity index (χ3n) is 4.48. The average Bonchev–Trinajstić information content (AvgIpc) is 2.33. The summed E-state index contributed by atoms with van der Waals surface area (Å²) in [6.07, 6.45) is -1.30. The van der Waals surface area contributed by atoms with E-state index in [1.54, 1.807) is 0 Å². The van der Waals surface area contributed by atoms with Crippen molar-refractivity contribution in [2.24, 2.45) is 11.3 Å². The fourth-order valence-corrected chi connectivity index (χ4v) is 2.99. The van der Waals surface area contributed by atoms with E-state index in [-0.39, 0.29) is 19.6 Å². The maximum atomic E-state index is 13.3. The zero-order valence-electron chi connectivity index (χ0n) is 11.7. The molecule has 0 bridgehead atoms. The summed E-state index contributed by atoms with van der Waals surface area (Å²) < 4.78 is 40.0. The van der Waals surface area contributed by atoms with Gasteiger partial charge in [0.25, 0.3) is 0 Å². The molecule has 2 heterocycles. The number of hydrogen-bond donors (Lipinski definition) is 0. The molecule has 3 nitrogen and oxygen atoms in total. The summed E-state index contributed by atoms with van der Waals surface area (Å²) in [5.74, 6) is 0.172. The van der Waals surface area contributed by atoms with Gasteiger partial charge in [0.05, 0.1) is 0 Å². The smallest absolute Gasteiger partial charge is 0.337 e. The van der Waals surface area contributed by atoms with Crippen molar-refractivity contribution in [3.05, 3.63) is 12.7 Å². The van der Waals surface area contributed by atoms with Crippen LogP contribution in [-0.4, -0.2) is 54.6 Å².